The lowest BCUT2D eigenvalue weighted by molar-refractivity contribution is 0.577. The fraction of sp³-hybridized carbons (Fsp3) is 0.600. The second-order valence-electron chi connectivity index (χ2n) is 3.53. The maximum absolute atomic E-state index is 11.9. The Balaban J connectivity index is 2.67. The van der Waals surface area contributed by atoms with Gasteiger partial charge in [-0.1, -0.05) is 6.92 Å². The van der Waals surface area contributed by atoms with Crippen molar-refractivity contribution in [1.82, 2.24) is 10.0 Å². The normalized spacial score (nSPS) is 11.9. The first-order valence-corrected chi connectivity index (χ1v) is 7.54. The maximum Gasteiger partial charge on any atom is 0.241 e. The monoisotopic (exact) mass is 262 g/mol. The van der Waals surface area contributed by atoms with Crippen LogP contribution in [0.5, 0.6) is 0 Å². The SMILES string of the molecule is CCNCCNS(=O)(=O)c1cc(C)sc1C. The molecule has 4 nitrogen and oxygen atoms in total. The number of nitrogens with one attached hydrogen (secondary N) is 2. The third-order valence-corrected chi connectivity index (χ3v) is 4.81. The molecule has 0 bridgehead atoms. The van der Waals surface area contributed by atoms with Gasteiger partial charge in [0.1, 0.15) is 0 Å². The predicted molar refractivity (Wildman–Crippen MR) is 67.5 cm³/mol. The maximum atomic E-state index is 11.9. The molecule has 16 heavy (non-hydrogen) atoms. The Hall–Kier alpha value is -0.430. The van der Waals surface area contributed by atoms with Crippen LogP contribution in [0.1, 0.15) is 16.7 Å². The van der Waals surface area contributed by atoms with Gasteiger partial charge in [-0.05, 0) is 26.5 Å². The van der Waals surface area contributed by atoms with Gasteiger partial charge in [0.05, 0.1) is 4.90 Å². The van der Waals surface area contributed by atoms with E-state index in [9.17, 15) is 8.42 Å². The average Bonchev–Trinajstić information content (AvgIpc) is 2.53. The molecule has 0 aromatic carbocycles. The summed E-state index contributed by atoms with van der Waals surface area (Å²) in [7, 11) is -3.33. The summed E-state index contributed by atoms with van der Waals surface area (Å²) in [5.41, 5.74) is 0. The molecule has 1 heterocycles. The van der Waals surface area contributed by atoms with Crippen LogP contribution in [-0.2, 0) is 10.0 Å². The van der Waals surface area contributed by atoms with Gasteiger partial charge in [-0.3, -0.25) is 0 Å². The highest BCUT2D eigenvalue weighted by molar-refractivity contribution is 7.89. The molecule has 92 valence electrons. The number of thiophene rings is 1. The largest absolute Gasteiger partial charge is 0.316 e. The molecule has 0 aliphatic carbocycles. The minimum Gasteiger partial charge on any atom is -0.316 e. The summed E-state index contributed by atoms with van der Waals surface area (Å²) in [4.78, 5) is 2.27. The molecular weight excluding hydrogens is 244 g/mol. The number of likely N-dealkylation sites (N-methyl/N-ethyl adjacent to an activating group) is 1. The van der Waals surface area contributed by atoms with Crippen molar-refractivity contribution in [1.29, 1.82) is 0 Å². The van der Waals surface area contributed by atoms with Crippen molar-refractivity contribution in [3.8, 4) is 0 Å². The Bertz CT molecular complexity index is 438. The van der Waals surface area contributed by atoms with E-state index in [1.54, 1.807) is 6.07 Å². The summed E-state index contributed by atoms with van der Waals surface area (Å²) in [6, 6.07) is 1.72. The first-order chi connectivity index (χ1) is 7.47. The summed E-state index contributed by atoms with van der Waals surface area (Å²) < 4.78 is 26.4. The van der Waals surface area contributed by atoms with Crippen molar-refractivity contribution in [2.75, 3.05) is 19.6 Å². The summed E-state index contributed by atoms with van der Waals surface area (Å²) in [6.07, 6.45) is 0. The van der Waals surface area contributed by atoms with Crippen molar-refractivity contribution >= 4 is 21.4 Å². The van der Waals surface area contributed by atoms with Gasteiger partial charge in [-0.25, -0.2) is 13.1 Å². The molecule has 0 radical (unpaired) electrons. The van der Waals surface area contributed by atoms with Crippen LogP contribution in [0.15, 0.2) is 11.0 Å². The minimum absolute atomic E-state index is 0.409. The lowest BCUT2D eigenvalue weighted by Gasteiger charge is -2.06. The molecule has 0 spiro atoms. The fourth-order valence-corrected chi connectivity index (χ4v) is 3.99. The van der Waals surface area contributed by atoms with Crippen LogP contribution < -0.4 is 10.0 Å². The molecular formula is C10H18N2O2S2. The Kier molecular flexibility index (Phi) is 4.91. The molecule has 0 unspecified atom stereocenters. The Labute approximate surface area is 101 Å². The van der Waals surface area contributed by atoms with Gasteiger partial charge in [0.2, 0.25) is 10.0 Å². The average molecular weight is 262 g/mol. The Morgan fingerprint density at radius 2 is 2.00 bits per heavy atom. The molecule has 1 aromatic rings. The van der Waals surface area contributed by atoms with Crippen LogP contribution >= 0.6 is 11.3 Å². The summed E-state index contributed by atoms with van der Waals surface area (Å²) >= 11 is 1.51. The van der Waals surface area contributed by atoms with Crippen molar-refractivity contribution in [2.45, 2.75) is 25.7 Å². The van der Waals surface area contributed by atoms with E-state index in [2.05, 4.69) is 10.0 Å². The third kappa shape index (κ3) is 3.55. The van der Waals surface area contributed by atoms with E-state index in [-0.39, 0.29) is 0 Å². The lowest BCUT2D eigenvalue weighted by atomic mass is 10.4. The molecule has 1 rings (SSSR count). The van der Waals surface area contributed by atoms with Gasteiger partial charge in [-0.15, -0.1) is 11.3 Å². The van der Waals surface area contributed by atoms with Crippen LogP contribution in [0.25, 0.3) is 0 Å². The predicted octanol–water partition coefficient (Wildman–Crippen LogP) is 1.25. The highest BCUT2D eigenvalue weighted by Crippen LogP contribution is 2.24. The molecule has 0 atom stereocenters. The molecule has 0 amide bonds. The first kappa shape index (κ1) is 13.6. The Morgan fingerprint density at radius 3 is 2.50 bits per heavy atom. The van der Waals surface area contributed by atoms with Gasteiger partial charge in [0.15, 0.2) is 0 Å². The zero-order valence-electron chi connectivity index (χ0n) is 9.83. The standard InChI is InChI=1S/C10H18N2O2S2/c1-4-11-5-6-12-16(13,14)10-7-8(2)15-9(10)3/h7,11-12H,4-6H2,1-3H3. The molecule has 0 saturated heterocycles. The van der Waals surface area contributed by atoms with Crippen molar-refractivity contribution < 1.29 is 8.42 Å². The lowest BCUT2D eigenvalue weighted by Crippen LogP contribution is -2.31. The van der Waals surface area contributed by atoms with E-state index in [1.807, 2.05) is 20.8 Å². The van der Waals surface area contributed by atoms with Crippen LogP contribution in [0, 0.1) is 13.8 Å². The Morgan fingerprint density at radius 1 is 1.31 bits per heavy atom. The molecule has 0 saturated carbocycles. The van der Waals surface area contributed by atoms with Gasteiger partial charge < -0.3 is 5.32 Å². The molecule has 0 aliphatic rings. The quantitative estimate of drug-likeness (QED) is 0.759. The van der Waals surface area contributed by atoms with Gasteiger partial charge in [0, 0.05) is 22.8 Å². The van der Waals surface area contributed by atoms with Crippen LogP contribution in [-0.4, -0.2) is 28.1 Å². The topological polar surface area (TPSA) is 58.2 Å². The zero-order chi connectivity index (χ0) is 12.2. The van der Waals surface area contributed by atoms with E-state index >= 15 is 0 Å². The van der Waals surface area contributed by atoms with Gasteiger partial charge >= 0.3 is 0 Å². The second-order valence-corrected chi connectivity index (χ2v) is 6.72. The zero-order valence-corrected chi connectivity index (χ0v) is 11.5. The molecule has 1 aromatic heterocycles. The summed E-state index contributed by atoms with van der Waals surface area (Å²) in [5, 5.41) is 3.07. The minimum atomic E-state index is -3.33. The summed E-state index contributed by atoms with van der Waals surface area (Å²) in [6.45, 7) is 7.65. The van der Waals surface area contributed by atoms with Crippen LogP contribution in [0.2, 0.25) is 0 Å². The van der Waals surface area contributed by atoms with Crippen molar-refractivity contribution in [3.05, 3.63) is 15.8 Å². The highest BCUT2D eigenvalue weighted by Gasteiger charge is 2.17. The van der Waals surface area contributed by atoms with Gasteiger partial charge in [0.25, 0.3) is 0 Å². The number of hydrogen-bond donors (Lipinski definition) is 2. The molecule has 6 heteroatoms. The van der Waals surface area contributed by atoms with Crippen molar-refractivity contribution in [3.63, 3.8) is 0 Å². The number of aryl methyl sites for hydroxylation is 2. The second kappa shape index (κ2) is 5.77. The van der Waals surface area contributed by atoms with Crippen LogP contribution in [0.3, 0.4) is 0 Å². The van der Waals surface area contributed by atoms with E-state index in [0.29, 0.717) is 18.0 Å². The number of sulfonamides is 1. The number of hydrogen-bond acceptors (Lipinski definition) is 4. The third-order valence-electron chi connectivity index (χ3n) is 2.13. The highest BCUT2D eigenvalue weighted by atomic mass is 32.2. The molecule has 2 N–H and O–H groups in total. The van der Waals surface area contributed by atoms with E-state index in [0.717, 1.165) is 16.3 Å². The van der Waals surface area contributed by atoms with Gasteiger partial charge in [-0.2, -0.15) is 0 Å². The van der Waals surface area contributed by atoms with E-state index in [4.69, 9.17) is 0 Å². The molecule has 0 fully saturated rings. The summed E-state index contributed by atoms with van der Waals surface area (Å²) in [5.74, 6) is 0. The van der Waals surface area contributed by atoms with Crippen molar-refractivity contribution in [2.24, 2.45) is 0 Å². The smallest absolute Gasteiger partial charge is 0.241 e. The van der Waals surface area contributed by atoms with E-state index < -0.39 is 10.0 Å². The number of rotatable bonds is 6. The van der Waals surface area contributed by atoms with Crippen LogP contribution in [0.4, 0.5) is 0 Å². The van der Waals surface area contributed by atoms with E-state index in [1.165, 1.54) is 11.3 Å². The molecule has 0 aliphatic heterocycles. The fourth-order valence-electron chi connectivity index (χ4n) is 1.40. The first-order valence-electron chi connectivity index (χ1n) is 5.24.